The van der Waals surface area contributed by atoms with Gasteiger partial charge in [-0.25, -0.2) is 0 Å². The Morgan fingerprint density at radius 1 is 1.67 bits per heavy atom. The minimum atomic E-state index is -0.308. The molecule has 0 aliphatic heterocycles. The van der Waals surface area contributed by atoms with Crippen LogP contribution in [0.25, 0.3) is 0 Å². The number of ether oxygens (including phenoxy) is 1. The molecule has 0 bridgehead atoms. The number of carbonyl (C=O) groups is 1. The molecular formula is C10H17N3O2. The molecule has 1 rings (SSSR count). The molecule has 0 radical (unpaired) electrons. The van der Waals surface area contributed by atoms with Crippen LogP contribution >= 0.6 is 0 Å². The van der Waals surface area contributed by atoms with Crippen LogP contribution in [0, 0.1) is 0 Å². The number of methoxy groups -OCH3 is 1. The molecule has 1 aromatic heterocycles. The highest BCUT2D eigenvalue weighted by atomic mass is 16.5. The van der Waals surface area contributed by atoms with Gasteiger partial charge >= 0.3 is 0 Å². The number of carbonyl (C=O) groups excluding carboxylic acids is 1. The molecule has 5 heteroatoms. The highest BCUT2D eigenvalue weighted by Crippen LogP contribution is 2.06. The molecule has 0 aromatic carbocycles. The van der Waals surface area contributed by atoms with Gasteiger partial charge in [0.1, 0.15) is 6.10 Å². The van der Waals surface area contributed by atoms with E-state index in [1.54, 1.807) is 25.0 Å². The lowest BCUT2D eigenvalue weighted by Gasteiger charge is -2.11. The van der Waals surface area contributed by atoms with Gasteiger partial charge in [-0.15, -0.1) is 5.10 Å². The summed E-state index contributed by atoms with van der Waals surface area (Å²) in [4.78, 5) is 11.7. The van der Waals surface area contributed by atoms with Crippen LogP contribution in [0.1, 0.15) is 25.5 Å². The van der Waals surface area contributed by atoms with Crippen molar-refractivity contribution in [3.8, 4) is 0 Å². The first-order valence-electron chi connectivity index (χ1n) is 5.08. The number of hydrogen-bond donors (Lipinski definition) is 0. The van der Waals surface area contributed by atoms with E-state index in [2.05, 4.69) is 10.3 Å². The Balaban J connectivity index is 2.53. The first-order valence-corrected chi connectivity index (χ1v) is 5.08. The highest BCUT2D eigenvalue weighted by Gasteiger charge is 2.18. The fraction of sp³-hybridized carbons (Fsp3) is 0.700. The van der Waals surface area contributed by atoms with Gasteiger partial charge in [0.15, 0.2) is 5.78 Å². The zero-order valence-corrected chi connectivity index (χ0v) is 9.43. The fourth-order valence-corrected chi connectivity index (χ4v) is 1.44. The van der Waals surface area contributed by atoms with E-state index >= 15 is 0 Å². The van der Waals surface area contributed by atoms with Crippen molar-refractivity contribution in [3.63, 3.8) is 0 Å². The van der Waals surface area contributed by atoms with Crippen molar-refractivity contribution >= 4 is 5.78 Å². The number of aromatic nitrogens is 3. The van der Waals surface area contributed by atoms with Crippen LogP contribution in [0.15, 0.2) is 6.20 Å². The Bertz CT molecular complexity index is 322. The standard InChI is InChI=1S/C10H17N3O2/c1-4-5-10(15-3)9(14)6-8-7-13(2)12-11-8/h7,10H,4-6H2,1-3H3. The van der Waals surface area contributed by atoms with E-state index < -0.39 is 0 Å². The summed E-state index contributed by atoms with van der Waals surface area (Å²) in [6.45, 7) is 2.03. The smallest absolute Gasteiger partial charge is 0.167 e. The molecule has 1 atom stereocenters. The Labute approximate surface area is 89.4 Å². The lowest BCUT2D eigenvalue weighted by molar-refractivity contribution is -0.128. The average molecular weight is 211 g/mol. The minimum absolute atomic E-state index is 0.0693. The number of rotatable bonds is 6. The zero-order valence-electron chi connectivity index (χ0n) is 9.43. The first-order chi connectivity index (χ1) is 7.17. The summed E-state index contributed by atoms with van der Waals surface area (Å²) in [5.41, 5.74) is 0.695. The van der Waals surface area contributed by atoms with Gasteiger partial charge in [0, 0.05) is 20.4 Å². The van der Waals surface area contributed by atoms with Gasteiger partial charge in [0.25, 0.3) is 0 Å². The average Bonchev–Trinajstić information content (AvgIpc) is 2.60. The number of ketones is 1. The van der Waals surface area contributed by atoms with Gasteiger partial charge < -0.3 is 4.74 Å². The zero-order chi connectivity index (χ0) is 11.3. The molecule has 5 nitrogen and oxygen atoms in total. The molecule has 0 N–H and O–H groups in total. The van der Waals surface area contributed by atoms with Crippen molar-refractivity contribution in [3.05, 3.63) is 11.9 Å². The molecule has 0 saturated heterocycles. The second-order valence-corrected chi connectivity index (χ2v) is 3.54. The molecule has 1 aromatic rings. The van der Waals surface area contributed by atoms with Crippen LogP contribution in [0.4, 0.5) is 0 Å². The molecule has 0 saturated carbocycles. The van der Waals surface area contributed by atoms with Gasteiger partial charge in [-0.3, -0.25) is 9.48 Å². The van der Waals surface area contributed by atoms with E-state index in [1.165, 1.54) is 0 Å². The Morgan fingerprint density at radius 3 is 2.87 bits per heavy atom. The Morgan fingerprint density at radius 2 is 2.40 bits per heavy atom. The van der Waals surface area contributed by atoms with E-state index in [0.29, 0.717) is 12.1 Å². The number of Topliss-reactive ketones (excluding diaryl/α,β-unsaturated/α-hetero) is 1. The van der Waals surface area contributed by atoms with Crippen molar-refractivity contribution in [2.24, 2.45) is 7.05 Å². The van der Waals surface area contributed by atoms with Crippen LogP contribution in [-0.2, 0) is 23.0 Å². The molecular weight excluding hydrogens is 194 g/mol. The fourth-order valence-electron chi connectivity index (χ4n) is 1.44. The van der Waals surface area contributed by atoms with Gasteiger partial charge in [-0.2, -0.15) is 0 Å². The minimum Gasteiger partial charge on any atom is -0.374 e. The molecule has 84 valence electrons. The Kier molecular flexibility index (Phi) is 4.42. The van der Waals surface area contributed by atoms with Crippen LogP contribution < -0.4 is 0 Å². The Hall–Kier alpha value is -1.23. The van der Waals surface area contributed by atoms with Gasteiger partial charge in [0.05, 0.1) is 12.1 Å². The van der Waals surface area contributed by atoms with Crippen LogP contribution in [0.2, 0.25) is 0 Å². The van der Waals surface area contributed by atoms with Crippen molar-refractivity contribution in [2.75, 3.05) is 7.11 Å². The first kappa shape index (κ1) is 11.8. The molecule has 15 heavy (non-hydrogen) atoms. The monoisotopic (exact) mass is 211 g/mol. The number of nitrogens with zero attached hydrogens (tertiary/aromatic N) is 3. The normalized spacial score (nSPS) is 12.7. The van der Waals surface area contributed by atoms with Crippen LogP contribution in [0.5, 0.6) is 0 Å². The molecule has 0 spiro atoms. The second kappa shape index (κ2) is 5.60. The predicted molar refractivity (Wildman–Crippen MR) is 55.4 cm³/mol. The van der Waals surface area contributed by atoms with Gasteiger partial charge in [-0.1, -0.05) is 18.6 Å². The third-order valence-electron chi connectivity index (χ3n) is 2.20. The van der Waals surface area contributed by atoms with E-state index in [9.17, 15) is 4.79 Å². The van der Waals surface area contributed by atoms with Crippen molar-refractivity contribution in [2.45, 2.75) is 32.3 Å². The summed E-state index contributed by atoms with van der Waals surface area (Å²) in [7, 11) is 3.34. The maximum absolute atomic E-state index is 11.7. The van der Waals surface area contributed by atoms with E-state index in [-0.39, 0.29) is 11.9 Å². The van der Waals surface area contributed by atoms with E-state index in [1.807, 2.05) is 6.92 Å². The third kappa shape index (κ3) is 3.43. The second-order valence-electron chi connectivity index (χ2n) is 3.54. The topological polar surface area (TPSA) is 57.0 Å². The summed E-state index contributed by atoms with van der Waals surface area (Å²) < 4.78 is 6.71. The van der Waals surface area contributed by atoms with Crippen molar-refractivity contribution in [1.82, 2.24) is 15.0 Å². The summed E-state index contributed by atoms with van der Waals surface area (Å²) in [5.74, 6) is 0.0693. The maximum atomic E-state index is 11.7. The molecule has 0 aliphatic rings. The molecule has 1 unspecified atom stereocenters. The summed E-state index contributed by atoms with van der Waals surface area (Å²) >= 11 is 0. The lowest BCUT2D eigenvalue weighted by Crippen LogP contribution is -2.24. The number of aryl methyl sites for hydroxylation is 1. The SMILES string of the molecule is CCCC(OC)C(=O)Cc1cn(C)nn1. The summed E-state index contributed by atoms with van der Waals surface area (Å²) in [6.07, 6.45) is 3.43. The van der Waals surface area contributed by atoms with Gasteiger partial charge in [0.2, 0.25) is 0 Å². The molecule has 0 amide bonds. The van der Waals surface area contributed by atoms with E-state index in [4.69, 9.17) is 4.74 Å². The van der Waals surface area contributed by atoms with Crippen molar-refractivity contribution in [1.29, 1.82) is 0 Å². The summed E-state index contributed by atoms with van der Waals surface area (Å²) in [6, 6.07) is 0. The lowest BCUT2D eigenvalue weighted by atomic mass is 10.1. The number of hydrogen-bond acceptors (Lipinski definition) is 4. The summed E-state index contributed by atoms with van der Waals surface area (Å²) in [5, 5.41) is 7.64. The van der Waals surface area contributed by atoms with Crippen molar-refractivity contribution < 1.29 is 9.53 Å². The molecule has 1 heterocycles. The largest absolute Gasteiger partial charge is 0.374 e. The quantitative estimate of drug-likeness (QED) is 0.696. The molecule has 0 aliphatic carbocycles. The third-order valence-corrected chi connectivity index (χ3v) is 2.20. The van der Waals surface area contributed by atoms with E-state index in [0.717, 1.165) is 12.8 Å². The van der Waals surface area contributed by atoms with Crippen LogP contribution in [-0.4, -0.2) is 34.0 Å². The molecule has 0 fully saturated rings. The van der Waals surface area contributed by atoms with Crippen LogP contribution in [0.3, 0.4) is 0 Å². The maximum Gasteiger partial charge on any atom is 0.167 e. The highest BCUT2D eigenvalue weighted by molar-refractivity contribution is 5.84. The predicted octanol–water partition coefficient (Wildman–Crippen LogP) is 0.742. The van der Waals surface area contributed by atoms with Gasteiger partial charge in [-0.05, 0) is 6.42 Å².